The number of ketones is 3. The molecule has 8 heteroatoms. The van der Waals surface area contributed by atoms with Gasteiger partial charge in [0.2, 0.25) is 0 Å². The SMILES string of the molecule is CC(C)(COC(C)(C)C(=O)CSc1ccc(C(=O)c2ccccc2)cc1)OC(=O)CSc1ccc(C(=O)c2ccccc2)cc1. The van der Waals surface area contributed by atoms with E-state index in [9.17, 15) is 19.2 Å². The van der Waals surface area contributed by atoms with E-state index in [1.54, 1.807) is 76.2 Å². The molecule has 0 heterocycles. The highest BCUT2D eigenvalue weighted by Crippen LogP contribution is 2.25. The quantitative estimate of drug-likeness (QED) is 0.0742. The molecule has 0 N–H and O–H groups in total. The van der Waals surface area contributed by atoms with Gasteiger partial charge in [-0.25, -0.2) is 0 Å². The molecule has 0 aliphatic heterocycles. The van der Waals surface area contributed by atoms with Crippen LogP contribution in [0.1, 0.15) is 59.5 Å². The molecule has 0 bridgehead atoms. The molecular weight excluding hydrogens is 605 g/mol. The molecule has 0 saturated heterocycles. The molecule has 4 rings (SSSR count). The number of ether oxygens (including phenoxy) is 2. The summed E-state index contributed by atoms with van der Waals surface area (Å²) in [6.45, 7) is 6.94. The van der Waals surface area contributed by atoms with E-state index in [0.29, 0.717) is 22.3 Å². The number of Topliss-reactive ketones (excluding diaryl/α,β-unsaturated/α-hetero) is 1. The minimum absolute atomic E-state index is 0.0411. The molecule has 45 heavy (non-hydrogen) atoms. The monoisotopic (exact) mass is 640 g/mol. The van der Waals surface area contributed by atoms with Crippen molar-refractivity contribution in [1.29, 1.82) is 0 Å². The molecule has 0 aromatic heterocycles. The molecule has 0 aliphatic rings. The molecule has 232 valence electrons. The maximum Gasteiger partial charge on any atom is 0.316 e. The third-order valence-electron chi connectivity index (χ3n) is 6.87. The maximum atomic E-state index is 13.0. The Morgan fingerprint density at radius 3 is 1.40 bits per heavy atom. The number of carbonyl (C=O) groups is 4. The van der Waals surface area contributed by atoms with Gasteiger partial charge >= 0.3 is 5.97 Å². The van der Waals surface area contributed by atoms with Gasteiger partial charge in [0, 0.05) is 32.0 Å². The van der Waals surface area contributed by atoms with Gasteiger partial charge in [-0.05, 0) is 76.2 Å². The van der Waals surface area contributed by atoms with Gasteiger partial charge in [0.25, 0.3) is 0 Å². The second-order valence-electron chi connectivity index (χ2n) is 11.5. The van der Waals surface area contributed by atoms with E-state index in [1.165, 1.54) is 23.5 Å². The Labute approximate surface area is 272 Å². The first-order chi connectivity index (χ1) is 21.4. The van der Waals surface area contributed by atoms with Crippen LogP contribution in [0.3, 0.4) is 0 Å². The van der Waals surface area contributed by atoms with Crippen LogP contribution in [-0.4, -0.2) is 52.6 Å². The second-order valence-corrected chi connectivity index (χ2v) is 13.6. The van der Waals surface area contributed by atoms with Gasteiger partial charge in [0.05, 0.1) is 18.1 Å². The number of carbonyl (C=O) groups excluding carboxylic acids is 4. The van der Waals surface area contributed by atoms with Crippen LogP contribution in [0.25, 0.3) is 0 Å². The predicted octanol–water partition coefficient (Wildman–Crippen LogP) is 7.72. The summed E-state index contributed by atoms with van der Waals surface area (Å²) >= 11 is 2.69. The van der Waals surface area contributed by atoms with Crippen molar-refractivity contribution in [3.63, 3.8) is 0 Å². The van der Waals surface area contributed by atoms with Crippen molar-refractivity contribution < 1.29 is 28.7 Å². The summed E-state index contributed by atoms with van der Waals surface area (Å²) in [5, 5.41) is 0. The minimum Gasteiger partial charge on any atom is -0.457 e. The van der Waals surface area contributed by atoms with Gasteiger partial charge < -0.3 is 9.47 Å². The van der Waals surface area contributed by atoms with Gasteiger partial charge in [0.15, 0.2) is 17.3 Å². The summed E-state index contributed by atoms with van der Waals surface area (Å²) in [7, 11) is 0. The van der Waals surface area contributed by atoms with E-state index in [2.05, 4.69) is 0 Å². The van der Waals surface area contributed by atoms with Crippen molar-refractivity contribution in [2.24, 2.45) is 0 Å². The molecule has 0 spiro atoms. The predicted molar refractivity (Wildman–Crippen MR) is 179 cm³/mol. The zero-order chi connectivity index (χ0) is 32.5. The van der Waals surface area contributed by atoms with Gasteiger partial charge in [-0.1, -0.05) is 60.7 Å². The molecule has 4 aromatic carbocycles. The molecular formula is C37H36O6S2. The van der Waals surface area contributed by atoms with Crippen molar-refractivity contribution in [1.82, 2.24) is 0 Å². The Morgan fingerprint density at radius 2 is 0.956 bits per heavy atom. The van der Waals surface area contributed by atoms with Crippen LogP contribution in [-0.2, 0) is 19.1 Å². The highest BCUT2D eigenvalue weighted by Gasteiger charge is 2.33. The van der Waals surface area contributed by atoms with Crippen LogP contribution >= 0.6 is 23.5 Å². The highest BCUT2D eigenvalue weighted by molar-refractivity contribution is 8.00. The number of thioether (sulfide) groups is 2. The van der Waals surface area contributed by atoms with Crippen LogP contribution in [0, 0.1) is 0 Å². The first-order valence-corrected chi connectivity index (χ1v) is 16.4. The van der Waals surface area contributed by atoms with E-state index in [1.807, 2.05) is 60.7 Å². The van der Waals surface area contributed by atoms with Gasteiger partial charge in [-0.3, -0.25) is 19.2 Å². The van der Waals surface area contributed by atoms with Crippen LogP contribution in [0.4, 0.5) is 0 Å². The first-order valence-electron chi connectivity index (χ1n) is 14.5. The van der Waals surface area contributed by atoms with E-state index >= 15 is 0 Å². The standard InChI is InChI=1S/C37H36O6S2/c1-36(2,43-33(39)24-45-31-21-17-29(18-22-31)35(41)27-13-9-6-10-14-27)25-42-37(3,4)32(38)23-44-30-19-15-28(16-20-30)34(40)26-11-7-5-8-12-26/h5-22H,23-25H2,1-4H3. The van der Waals surface area contributed by atoms with Gasteiger partial charge in [-0.15, -0.1) is 23.5 Å². The third-order valence-corrected chi connectivity index (χ3v) is 8.87. The van der Waals surface area contributed by atoms with Crippen LogP contribution in [0.15, 0.2) is 119 Å². The van der Waals surface area contributed by atoms with E-state index in [-0.39, 0.29) is 35.5 Å². The van der Waals surface area contributed by atoms with Gasteiger partial charge in [0.1, 0.15) is 11.2 Å². The van der Waals surface area contributed by atoms with Gasteiger partial charge in [-0.2, -0.15) is 0 Å². The number of esters is 1. The average Bonchev–Trinajstić information content (AvgIpc) is 3.06. The van der Waals surface area contributed by atoms with E-state index in [4.69, 9.17) is 9.47 Å². The van der Waals surface area contributed by atoms with Crippen molar-refractivity contribution in [2.45, 2.75) is 48.7 Å². The van der Waals surface area contributed by atoms with Crippen molar-refractivity contribution in [2.75, 3.05) is 18.1 Å². The first kappa shape index (κ1) is 33.9. The second kappa shape index (κ2) is 15.3. The number of hydrogen-bond acceptors (Lipinski definition) is 8. The molecule has 6 nitrogen and oxygen atoms in total. The lowest BCUT2D eigenvalue weighted by atomic mass is 10.0. The Bertz CT molecular complexity index is 1610. The van der Waals surface area contributed by atoms with Crippen molar-refractivity contribution >= 4 is 46.8 Å². The summed E-state index contributed by atoms with van der Waals surface area (Å²) in [6.07, 6.45) is 0. The lowest BCUT2D eigenvalue weighted by Crippen LogP contribution is -2.43. The highest BCUT2D eigenvalue weighted by atomic mass is 32.2. The zero-order valence-electron chi connectivity index (χ0n) is 25.8. The van der Waals surface area contributed by atoms with Crippen LogP contribution in [0.5, 0.6) is 0 Å². The Balaban J connectivity index is 1.20. The minimum atomic E-state index is -1.09. The molecule has 0 fully saturated rings. The summed E-state index contributed by atoms with van der Waals surface area (Å²) in [5.41, 5.74) is 0.377. The lowest BCUT2D eigenvalue weighted by Gasteiger charge is -2.31. The smallest absolute Gasteiger partial charge is 0.316 e. The fourth-order valence-electron chi connectivity index (χ4n) is 4.18. The lowest BCUT2D eigenvalue weighted by molar-refractivity contribution is -0.167. The number of rotatable bonds is 15. The Hall–Kier alpha value is -3.98. The fraction of sp³-hybridized carbons (Fsp3) is 0.243. The molecule has 0 unspecified atom stereocenters. The summed E-state index contributed by atoms with van der Waals surface area (Å²) < 4.78 is 11.6. The van der Waals surface area contributed by atoms with Crippen LogP contribution < -0.4 is 0 Å². The topological polar surface area (TPSA) is 86.7 Å². The van der Waals surface area contributed by atoms with E-state index < -0.39 is 17.2 Å². The largest absolute Gasteiger partial charge is 0.457 e. The summed E-state index contributed by atoms with van der Waals surface area (Å²) in [4.78, 5) is 52.6. The molecule has 0 atom stereocenters. The van der Waals surface area contributed by atoms with Crippen molar-refractivity contribution in [3.05, 3.63) is 131 Å². The van der Waals surface area contributed by atoms with Crippen molar-refractivity contribution in [3.8, 4) is 0 Å². The Kier molecular flexibility index (Phi) is 11.6. The molecule has 0 aliphatic carbocycles. The number of hydrogen-bond donors (Lipinski definition) is 0. The fourth-order valence-corrected chi connectivity index (χ4v) is 5.83. The molecule has 0 amide bonds. The molecule has 4 aromatic rings. The third kappa shape index (κ3) is 10.0. The Morgan fingerprint density at radius 1 is 0.556 bits per heavy atom. The zero-order valence-corrected chi connectivity index (χ0v) is 27.4. The van der Waals surface area contributed by atoms with E-state index in [0.717, 1.165) is 9.79 Å². The normalized spacial score (nSPS) is 11.6. The average molecular weight is 641 g/mol. The number of benzene rings is 4. The van der Waals surface area contributed by atoms with Crippen LogP contribution in [0.2, 0.25) is 0 Å². The molecule has 0 saturated carbocycles. The summed E-state index contributed by atoms with van der Waals surface area (Å²) in [6, 6.07) is 32.5. The summed E-state index contributed by atoms with van der Waals surface area (Å²) in [5.74, 6) is -0.351. The molecule has 0 radical (unpaired) electrons. The maximum absolute atomic E-state index is 13.0.